The number of hydrogen-bond acceptors (Lipinski definition) is 6. The molecule has 3 heterocycles. The van der Waals surface area contributed by atoms with Gasteiger partial charge in [0.15, 0.2) is 0 Å². The van der Waals surface area contributed by atoms with Crippen molar-refractivity contribution >= 4 is 23.3 Å². The number of nitrogens with one attached hydrogen (secondary N) is 2. The summed E-state index contributed by atoms with van der Waals surface area (Å²) in [6.07, 6.45) is 2.91. The van der Waals surface area contributed by atoms with E-state index in [9.17, 15) is 9.59 Å². The van der Waals surface area contributed by atoms with Gasteiger partial charge in [0.05, 0.1) is 17.9 Å². The van der Waals surface area contributed by atoms with E-state index in [-0.39, 0.29) is 17.2 Å². The van der Waals surface area contributed by atoms with Crippen LogP contribution in [-0.4, -0.2) is 51.3 Å². The Kier molecular flexibility index (Phi) is 9.36. The first kappa shape index (κ1) is 31.9. The number of aryl methyl sites for hydroxylation is 1. The van der Waals surface area contributed by atoms with E-state index in [0.29, 0.717) is 29.7 Å². The Morgan fingerprint density at radius 2 is 1.64 bits per heavy atom. The van der Waals surface area contributed by atoms with Crippen molar-refractivity contribution in [3.8, 4) is 16.9 Å². The van der Waals surface area contributed by atoms with Crippen molar-refractivity contribution < 1.29 is 14.1 Å². The molecule has 5 aromatic rings. The van der Waals surface area contributed by atoms with Crippen molar-refractivity contribution in [2.24, 2.45) is 5.92 Å². The molecular weight excluding hydrogens is 588 g/mol. The number of nitrogens with zero attached hydrogens (tertiary/aromatic N) is 4. The molecule has 1 aliphatic rings. The smallest absolute Gasteiger partial charge is 0.324 e. The minimum Gasteiger partial charge on any atom is -0.352 e. The second-order valence-corrected chi connectivity index (χ2v) is 13.5. The molecule has 0 bridgehead atoms. The molecule has 3 aromatic carbocycles. The van der Waals surface area contributed by atoms with Gasteiger partial charge in [0.25, 0.3) is 0 Å². The molecule has 6 rings (SSSR count). The molecule has 9 nitrogen and oxygen atoms in total. The number of carbonyl (C=O) groups excluding carboxylic acids is 2. The average molecular weight is 631 g/mol. The van der Waals surface area contributed by atoms with Crippen LogP contribution in [0.4, 0.5) is 16.3 Å². The fourth-order valence-electron chi connectivity index (χ4n) is 5.89. The Bertz CT molecular complexity index is 1830. The van der Waals surface area contributed by atoms with Gasteiger partial charge in [-0.25, -0.2) is 9.48 Å². The van der Waals surface area contributed by atoms with Crippen LogP contribution in [0.25, 0.3) is 16.9 Å². The van der Waals surface area contributed by atoms with E-state index < -0.39 is 0 Å². The molecule has 2 N–H and O–H groups in total. The van der Waals surface area contributed by atoms with Crippen LogP contribution in [0.15, 0.2) is 95.5 Å². The summed E-state index contributed by atoms with van der Waals surface area (Å²) in [5, 5.41) is 14.9. The standard InChI is InChI=1S/C38H42N6O3/c1-26-13-15-31(16-14-26)44-36(24-35(41-44)38(2,3)4)40-37(46)39-30-12-8-9-28(22-30)21-27-17-19-43(20-18-27)25-33(45)34-23-32(42-47-34)29-10-6-5-7-11-29/h5-16,22-24,27H,17-21,25H2,1-4H3,(H2,39,40,46). The van der Waals surface area contributed by atoms with Gasteiger partial charge in [0.1, 0.15) is 11.5 Å². The second kappa shape index (κ2) is 13.8. The molecule has 0 radical (unpaired) electrons. The summed E-state index contributed by atoms with van der Waals surface area (Å²) in [4.78, 5) is 28.3. The highest BCUT2D eigenvalue weighted by Gasteiger charge is 2.24. The van der Waals surface area contributed by atoms with Crippen molar-refractivity contribution in [3.63, 3.8) is 0 Å². The molecule has 1 saturated heterocycles. The lowest BCUT2D eigenvalue weighted by Gasteiger charge is -2.31. The molecule has 47 heavy (non-hydrogen) atoms. The van der Waals surface area contributed by atoms with Crippen molar-refractivity contribution in [3.05, 3.63) is 114 Å². The highest BCUT2D eigenvalue weighted by Crippen LogP contribution is 2.28. The van der Waals surface area contributed by atoms with Crippen LogP contribution in [0, 0.1) is 12.8 Å². The van der Waals surface area contributed by atoms with Crippen molar-refractivity contribution in [1.29, 1.82) is 0 Å². The van der Waals surface area contributed by atoms with Gasteiger partial charge in [-0.3, -0.25) is 15.0 Å². The zero-order valence-corrected chi connectivity index (χ0v) is 27.5. The predicted octanol–water partition coefficient (Wildman–Crippen LogP) is 7.91. The molecule has 242 valence electrons. The molecule has 0 saturated carbocycles. The lowest BCUT2D eigenvalue weighted by molar-refractivity contribution is 0.0860. The zero-order chi connectivity index (χ0) is 33.0. The summed E-state index contributed by atoms with van der Waals surface area (Å²) in [6.45, 7) is 10.4. The van der Waals surface area contributed by atoms with Crippen molar-refractivity contribution in [2.45, 2.75) is 52.4 Å². The number of carbonyl (C=O) groups is 2. The number of hydrogen-bond donors (Lipinski definition) is 2. The third-order valence-corrected chi connectivity index (χ3v) is 8.64. The predicted molar refractivity (Wildman–Crippen MR) is 185 cm³/mol. The number of ketones is 1. The normalized spacial score (nSPS) is 14.2. The number of likely N-dealkylation sites (tertiary alicyclic amines) is 1. The first-order valence-electron chi connectivity index (χ1n) is 16.2. The number of piperidine rings is 1. The van der Waals surface area contributed by atoms with Gasteiger partial charge in [-0.1, -0.05) is 86.1 Å². The monoisotopic (exact) mass is 630 g/mol. The van der Waals surface area contributed by atoms with Crippen LogP contribution < -0.4 is 10.6 Å². The Morgan fingerprint density at radius 1 is 0.894 bits per heavy atom. The summed E-state index contributed by atoms with van der Waals surface area (Å²) in [5.74, 6) is 1.36. The van der Waals surface area contributed by atoms with Crippen molar-refractivity contribution in [2.75, 3.05) is 30.3 Å². The molecule has 0 atom stereocenters. The van der Waals surface area contributed by atoms with Crippen LogP contribution in [0.5, 0.6) is 0 Å². The van der Waals surface area contributed by atoms with Crippen LogP contribution in [-0.2, 0) is 11.8 Å². The number of aromatic nitrogens is 3. The van der Waals surface area contributed by atoms with E-state index in [1.54, 1.807) is 10.7 Å². The molecule has 2 aromatic heterocycles. The molecule has 1 fully saturated rings. The third-order valence-electron chi connectivity index (χ3n) is 8.64. The fraction of sp³-hybridized carbons (Fsp3) is 0.316. The number of rotatable bonds is 9. The first-order valence-corrected chi connectivity index (χ1v) is 16.2. The molecule has 1 aliphatic heterocycles. The maximum absolute atomic E-state index is 13.2. The molecule has 2 amide bonds. The van der Waals surface area contributed by atoms with Gasteiger partial charge >= 0.3 is 6.03 Å². The fourth-order valence-corrected chi connectivity index (χ4v) is 5.89. The van der Waals surface area contributed by atoms with Crippen LogP contribution in [0.3, 0.4) is 0 Å². The van der Waals surface area contributed by atoms with E-state index in [1.165, 1.54) is 5.56 Å². The highest BCUT2D eigenvalue weighted by molar-refractivity contribution is 5.99. The minimum absolute atomic E-state index is 0.0493. The Balaban J connectivity index is 1.02. The van der Waals surface area contributed by atoms with Gasteiger partial charge in [-0.15, -0.1) is 0 Å². The number of benzene rings is 3. The molecule has 0 aliphatic carbocycles. The number of amides is 2. The number of anilines is 2. The Labute approximate surface area is 276 Å². The zero-order valence-electron chi connectivity index (χ0n) is 27.5. The van der Waals surface area contributed by atoms with Crippen molar-refractivity contribution in [1.82, 2.24) is 19.8 Å². The molecular formula is C38H42N6O3. The lowest BCUT2D eigenvalue weighted by Crippen LogP contribution is -2.37. The van der Waals surface area contributed by atoms with Gasteiger partial charge < -0.3 is 9.84 Å². The van der Waals surface area contributed by atoms with Gasteiger partial charge in [0, 0.05) is 28.8 Å². The molecule has 0 unspecified atom stereocenters. The maximum Gasteiger partial charge on any atom is 0.324 e. The Hall–Kier alpha value is -5.02. The summed E-state index contributed by atoms with van der Waals surface area (Å²) >= 11 is 0. The maximum atomic E-state index is 13.2. The molecule has 9 heteroatoms. The summed E-state index contributed by atoms with van der Waals surface area (Å²) < 4.78 is 7.15. The summed E-state index contributed by atoms with van der Waals surface area (Å²) in [7, 11) is 0. The van der Waals surface area contributed by atoms with E-state index in [0.717, 1.165) is 60.5 Å². The van der Waals surface area contributed by atoms with E-state index in [1.807, 2.05) is 85.8 Å². The third kappa shape index (κ3) is 8.04. The summed E-state index contributed by atoms with van der Waals surface area (Å²) in [5.41, 5.74) is 6.27. The molecule has 0 spiro atoms. The Morgan fingerprint density at radius 3 is 2.36 bits per heavy atom. The quantitative estimate of drug-likeness (QED) is 0.160. The number of Topliss-reactive ketones (excluding diaryl/α,β-unsaturated/α-hetero) is 1. The van der Waals surface area contributed by atoms with Crippen LogP contribution in [0.2, 0.25) is 0 Å². The lowest BCUT2D eigenvalue weighted by atomic mass is 9.90. The first-order chi connectivity index (χ1) is 22.6. The average Bonchev–Trinajstić information content (AvgIpc) is 3.72. The van der Waals surface area contributed by atoms with Gasteiger partial charge in [-0.05, 0) is 75.0 Å². The van der Waals surface area contributed by atoms with Crippen LogP contribution >= 0.6 is 0 Å². The second-order valence-electron chi connectivity index (χ2n) is 13.5. The topological polar surface area (TPSA) is 105 Å². The largest absolute Gasteiger partial charge is 0.352 e. The van der Waals surface area contributed by atoms with Gasteiger partial charge in [-0.2, -0.15) is 5.10 Å². The van der Waals surface area contributed by atoms with E-state index in [2.05, 4.69) is 47.5 Å². The SMILES string of the molecule is Cc1ccc(-n2nc(C(C)(C)C)cc2NC(=O)Nc2cccc(CC3CCN(CC(=O)c4cc(-c5ccccc5)no4)CC3)c2)cc1. The van der Waals surface area contributed by atoms with Crippen LogP contribution in [0.1, 0.15) is 61.0 Å². The minimum atomic E-state index is -0.323. The number of urea groups is 1. The summed E-state index contributed by atoms with van der Waals surface area (Å²) in [6, 6.07) is 29.2. The van der Waals surface area contributed by atoms with Gasteiger partial charge in [0.2, 0.25) is 11.5 Å². The highest BCUT2D eigenvalue weighted by atomic mass is 16.5. The van der Waals surface area contributed by atoms with E-state index in [4.69, 9.17) is 9.62 Å². The van der Waals surface area contributed by atoms with E-state index >= 15 is 0 Å².